The number of benzene rings is 2. The first-order valence-electron chi connectivity index (χ1n) is 11.4. The highest BCUT2D eigenvalue weighted by molar-refractivity contribution is 5.84. The number of carbonyl (C=O) groups is 2. The molecule has 1 amide bonds. The van der Waals surface area contributed by atoms with Crippen LogP contribution in [0.1, 0.15) is 31.4 Å². The lowest BCUT2D eigenvalue weighted by molar-refractivity contribution is -0.136. The Kier molecular flexibility index (Phi) is 11.9. The fraction of sp³-hybridized carbons (Fsp3) is 0.333. The Morgan fingerprint density at radius 2 is 1.77 bits per heavy atom. The second-order valence-electron chi connectivity index (χ2n) is 7.70. The molecule has 8 nitrogen and oxygen atoms in total. The molecule has 35 heavy (non-hydrogen) atoms. The Bertz CT molecular complexity index is 954. The molecule has 0 aliphatic rings. The number of hydrogen-bond acceptors (Lipinski definition) is 7. The van der Waals surface area contributed by atoms with Gasteiger partial charge in [-0.3, -0.25) is 5.32 Å². The number of hydrogen-bond donors (Lipinski definition) is 2. The molecule has 0 spiro atoms. The summed E-state index contributed by atoms with van der Waals surface area (Å²) in [6.07, 6.45) is 4.76. The Labute approximate surface area is 206 Å². The van der Waals surface area contributed by atoms with Gasteiger partial charge in [-0.25, -0.2) is 9.59 Å². The van der Waals surface area contributed by atoms with E-state index in [1.807, 2.05) is 19.1 Å². The molecule has 0 saturated heterocycles. The van der Waals surface area contributed by atoms with Crippen molar-refractivity contribution in [1.82, 2.24) is 0 Å². The van der Waals surface area contributed by atoms with Gasteiger partial charge in [-0.05, 0) is 60.7 Å². The maximum atomic E-state index is 12.7. The number of amides is 1. The maximum Gasteiger partial charge on any atom is 0.412 e. The average molecular weight is 484 g/mol. The van der Waals surface area contributed by atoms with Crippen LogP contribution in [0.25, 0.3) is 0 Å². The molecule has 2 atom stereocenters. The van der Waals surface area contributed by atoms with E-state index in [1.165, 1.54) is 12.2 Å². The van der Waals surface area contributed by atoms with Gasteiger partial charge in [-0.15, -0.1) is 0 Å². The minimum absolute atomic E-state index is 0.0605. The molecule has 0 saturated carbocycles. The first kappa shape index (κ1) is 27.5. The van der Waals surface area contributed by atoms with Gasteiger partial charge in [0.2, 0.25) is 0 Å². The zero-order valence-corrected chi connectivity index (χ0v) is 20.1. The van der Waals surface area contributed by atoms with E-state index in [0.29, 0.717) is 30.0 Å². The van der Waals surface area contributed by atoms with Gasteiger partial charge in [0, 0.05) is 11.8 Å². The van der Waals surface area contributed by atoms with E-state index in [2.05, 4.69) is 11.9 Å². The Hall–Kier alpha value is -3.78. The summed E-state index contributed by atoms with van der Waals surface area (Å²) in [6, 6.07) is 14.1. The molecular formula is C27H33NO7. The molecule has 2 rings (SSSR count). The highest BCUT2D eigenvalue weighted by Gasteiger charge is 2.23. The van der Waals surface area contributed by atoms with E-state index in [1.54, 1.807) is 49.6 Å². The third-order valence-electron chi connectivity index (χ3n) is 5.04. The summed E-state index contributed by atoms with van der Waals surface area (Å²) in [5, 5.41) is 11.7. The molecule has 0 aliphatic heterocycles. The van der Waals surface area contributed by atoms with Crippen LogP contribution in [-0.4, -0.2) is 44.1 Å². The molecule has 0 aliphatic carbocycles. The maximum absolute atomic E-state index is 12.7. The highest BCUT2D eigenvalue weighted by atomic mass is 16.6. The SMILES string of the molecule is C=CCOC(=O)/C=C/CC[C@@H](C)[C@@H](OC(=O)Nc1ccc(OC)cc1)c1ccc(OCCO)cc1. The number of nitrogens with one attached hydrogen (secondary N) is 1. The molecule has 0 unspecified atom stereocenters. The number of aliphatic hydroxyl groups is 1. The van der Waals surface area contributed by atoms with Gasteiger partial charge in [0.15, 0.2) is 0 Å². The summed E-state index contributed by atoms with van der Waals surface area (Å²) in [5.74, 6) is 0.801. The topological polar surface area (TPSA) is 103 Å². The van der Waals surface area contributed by atoms with Crippen LogP contribution < -0.4 is 14.8 Å². The summed E-state index contributed by atoms with van der Waals surface area (Å²) in [5.41, 5.74) is 1.38. The highest BCUT2D eigenvalue weighted by Crippen LogP contribution is 2.31. The normalized spacial score (nSPS) is 12.4. The number of anilines is 1. The van der Waals surface area contributed by atoms with Gasteiger partial charge in [0.25, 0.3) is 0 Å². The Morgan fingerprint density at radius 3 is 2.40 bits per heavy atom. The monoisotopic (exact) mass is 483 g/mol. The lowest BCUT2D eigenvalue weighted by Crippen LogP contribution is -2.22. The smallest absolute Gasteiger partial charge is 0.412 e. The predicted octanol–water partition coefficient (Wildman–Crippen LogP) is 5.06. The van der Waals surface area contributed by atoms with E-state index in [4.69, 9.17) is 24.1 Å². The molecule has 2 aromatic rings. The zero-order valence-electron chi connectivity index (χ0n) is 20.1. The van der Waals surface area contributed by atoms with Crippen LogP contribution in [-0.2, 0) is 14.3 Å². The number of rotatable bonds is 14. The Morgan fingerprint density at radius 1 is 1.09 bits per heavy atom. The number of esters is 1. The minimum atomic E-state index is -0.587. The molecular weight excluding hydrogens is 450 g/mol. The van der Waals surface area contributed by atoms with Crippen LogP contribution in [0.5, 0.6) is 11.5 Å². The number of aliphatic hydroxyl groups excluding tert-OH is 1. The van der Waals surface area contributed by atoms with Crippen LogP contribution >= 0.6 is 0 Å². The second kappa shape index (κ2) is 15.2. The minimum Gasteiger partial charge on any atom is -0.497 e. The average Bonchev–Trinajstić information content (AvgIpc) is 2.88. The third-order valence-corrected chi connectivity index (χ3v) is 5.04. The van der Waals surface area contributed by atoms with Gasteiger partial charge in [0.05, 0.1) is 13.7 Å². The van der Waals surface area contributed by atoms with E-state index in [-0.39, 0.29) is 25.7 Å². The molecule has 8 heteroatoms. The van der Waals surface area contributed by atoms with E-state index in [0.717, 1.165) is 5.56 Å². The standard InChI is InChI=1S/C27H33NO7/c1-4-18-34-25(30)8-6-5-7-20(2)26(21-9-13-24(14-10-21)33-19-17-29)35-27(31)28-22-11-15-23(32-3)16-12-22/h4,6,8-16,20,26,29H,1,5,7,17-19H2,2-3H3,(H,28,31)/b8-6+/t20-,26-/m1/s1. The lowest BCUT2D eigenvalue weighted by Gasteiger charge is -2.25. The first-order chi connectivity index (χ1) is 17.0. The Balaban J connectivity index is 2.07. The van der Waals surface area contributed by atoms with Crippen molar-refractivity contribution in [3.05, 3.63) is 78.9 Å². The molecule has 0 radical (unpaired) electrons. The number of methoxy groups -OCH3 is 1. The van der Waals surface area contributed by atoms with Gasteiger partial charge in [0.1, 0.15) is 30.8 Å². The third kappa shape index (κ3) is 9.93. The van der Waals surface area contributed by atoms with Crippen LogP contribution in [0.3, 0.4) is 0 Å². The van der Waals surface area contributed by atoms with Gasteiger partial charge in [-0.1, -0.05) is 37.8 Å². The summed E-state index contributed by atoms with van der Waals surface area (Å²) in [6.45, 7) is 5.76. The van der Waals surface area contributed by atoms with Crippen molar-refractivity contribution in [1.29, 1.82) is 0 Å². The van der Waals surface area contributed by atoms with Crippen molar-refractivity contribution in [3.8, 4) is 11.5 Å². The quantitative estimate of drug-likeness (QED) is 0.220. The van der Waals surface area contributed by atoms with Crippen molar-refractivity contribution in [2.24, 2.45) is 5.92 Å². The fourth-order valence-electron chi connectivity index (χ4n) is 3.25. The van der Waals surface area contributed by atoms with Crippen molar-refractivity contribution in [2.75, 3.05) is 32.2 Å². The predicted molar refractivity (Wildman–Crippen MR) is 134 cm³/mol. The summed E-state index contributed by atoms with van der Waals surface area (Å²) in [4.78, 5) is 24.3. The van der Waals surface area contributed by atoms with Gasteiger partial charge < -0.3 is 24.1 Å². The van der Waals surface area contributed by atoms with Crippen molar-refractivity contribution >= 4 is 17.7 Å². The van der Waals surface area contributed by atoms with Crippen LogP contribution in [0, 0.1) is 5.92 Å². The second-order valence-corrected chi connectivity index (χ2v) is 7.70. The van der Waals surface area contributed by atoms with E-state index >= 15 is 0 Å². The lowest BCUT2D eigenvalue weighted by atomic mass is 9.93. The number of carbonyl (C=O) groups excluding carboxylic acids is 2. The molecule has 188 valence electrons. The van der Waals surface area contributed by atoms with E-state index in [9.17, 15) is 9.59 Å². The molecule has 0 bridgehead atoms. The molecule has 0 aromatic heterocycles. The first-order valence-corrected chi connectivity index (χ1v) is 11.4. The summed E-state index contributed by atoms with van der Waals surface area (Å²) < 4.78 is 21.3. The summed E-state index contributed by atoms with van der Waals surface area (Å²) in [7, 11) is 1.57. The van der Waals surface area contributed by atoms with Crippen molar-refractivity contribution in [3.63, 3.8) is 0 Å². The summed E-state index contributed by atoms with van der Waals surface area (Å²) >= 11 is 0. The van der Waals surface area contributed by atoms with Crippen molar-refractivity contribution in [2.45, 2.75) is 25.9 Å². The van der Waals surface area contributed by atoms with Gasteiger partial charge >= 0.3 is 12.1 Å². The van der Waals surface area contributed by atoms with Crippen molar-refractivity contribution < 1.29 is 33.6 Å². The molecule has 2 aromatic carbocycles. The van der Waals surface area contributed by atoms with Crippen LogP contribution in [0.4, 0.5) is 10.5 Å². The number of allylic oxidation sites excluding steroid dienone is 1. The molecule has 0 fully saturated rings. The zero-order chi connectivity index (χ0) is 25.5. The van der Waals surface area contributed by atoms with Gasteiger partial charge in [-0.2, -0.15) is 0 Å². The fourth-order valence-corrected chi connectivity index (χ4v) is 3.25. The number of ether oxygens (including phenoxy) is 4. The van der Waals surface area contributed by atoms with Crippen LogP contribution in [0.2, 0.25) is 0 Å². The largest absolute Gasteiger partial charge is 0.497 e. The van der Waals surface area contributed by atoms with E-state index < -0.39 is 18.2 Å². The van der Waals surface area contributed by atoms with Crippen LogP contribution in [0.15, 0.2) is 73.3 Å². The molecule has 0 heterocycles. The molecule has 2 N–H and O–H groups in total.